The molecule has 0 heterocycles. The molecule has 45 heavy (non-hydrogen) atoms. The zero-order valence-corrected chi connectivity index (χ0v) is 28.0. The Morgan fingerprint density at radius 2 is 1.40 bits per heavy atom. The van der Waals surface area contributed by atoms with E-state index in [0.717, 1.165) is 15.4 Å². The van der Waals surface area contributed by atoms with Gasteiger partial charge in [0.05, 0.1) is 10.6 Å². The summed E-state index contributed by atoms with van der Waals surface area (Å²) >= 11 is 12.6. The number of hydrogen-bond acceptors (Lipinski definition) is 4. The van der Waals surface area contributed by atoms with Crippen molar-refractivity contribution < 1.29 is 18.0 Å². The molecule has 0 radical (unpaired) electrons. The summed E-state index contributed by atoms with van der Waals surface area (Å²) in [7, 11) is -4.22. The maximum Gasteiger partial charge on any atom is 0.264 e. The summed E-state index contributed by atoms with van der Waals surface area (Å²) in [6.07, 6.45) is 0.212. The molecule has 0 bridgehead atoms. The number of nitrogens with zero attached hydrogens (tertiary/aromatic N) is 2. The molecule has 0 spiro atoms. The number of amides is 2. The Balaban J connectivity index is 1.84. The summed E-state index contributed by atoms with van der Waals surface area (Å²) < 4.78 is 29.4. The van der Waals surface area contributed by atoms with Crippen LogP contribution in [0, 0.1) is 6.92 Å². The van der Waals surface area contributed by atoms with Gasteiger partial charge < -0.3 is 10.2 Å². The first kappa shape index (κ1) is 34.0. The van der Waals surface area contributed by atoms with E-state index in [2.05, 4.69) is 5.32 Å². The lowest BCUT2D eigenvalue weighted by Gasteiger charge is -2.35. The fraction of sp³-hybridized carbons (Fsp3) is 0.257. The third-order valence-corrected chi connectivity index (χ3v) is 9.59. The third kappa shape index (κ3) is 8.87. The van der Waals surface area contributed by atoms with Gasteiger partial charge in [0.25, 0.3) is 10.0 Å². The summed E-state index contributed by atoms with van der Waals surface area (Å²) in [4.78, 5) is 30.0. The van der Waals surface area contributed by atoms with Crippen LogP contribution in [0.3, 0.4) is 0 Å². The fourth-order valence-electron chi connectivity index (χ4n) is 4.89. The molecule has 0 aromatic heterocycles. The van der Waals surface area contributed by atoms with E-state index in [-0.39, 0.29) is 29.5 Å². The number of benzene rings is 4. The van der Waals surface area contributed by atoms with Gasteiger partial charge in [0.2, 0.25) is 11.8 Å². The second-order valence-corrected chi connectivity index (χ2v) is 14.5. The predicted octanol–water partition coefficient (Wildman–Crippen LogP) is 7.05. The Labute approximate surface area is 275 Å². The quantitative estimate of drug-likeness (QED) is 0.186. The minimum absolute atomic E-state index is 0.0211. The molecule has 2 amide bonds. The van der Waals surface area contributed by atoms with Crippen LogP contribution in [0.25, 0.3) is 0 Å². The van der Waals surface area contributed by atoms with Crippen LogP contribution in [0.5, 0.6) is 0 Å². The maximum atomic E-state index is 14.6. The SMILES string of the molecule is Cc1c(Cl)cccc1N(CC(=O)N(Cc1ccc(Cl)cc1)[C@@H](Cc1ccccc1)C(=O)NC(C)(C)C)S(=O)(=O)c1ccccc1. The highest BCUT2D eigenvalue weighted by atomic mass is 35.5. The van der Waals surface area contributed by atoms with Crippen LogP contribution in [0.2, 0.25) is 10.0 Å². The van der Waals surface area contributed by atoms with Gasteiger partial charge >= 0.3 is 0 Å². The molecular formula is C35H37Cl2N3O4S. The third-order valence-electron chi connectivity index (χ3n) is 7.15. The van der Waals surface area contributed by atoms with Crippen molar-refractivity contribution in [2.24, 2.45) is 0 Å². The van der Waals surface area contributed by atoms with Gasteiger partial charge in [0.15, 0.2) is 0 Å². The highest BCUT2D eigenvalue weighted by molar-refractivity contribution is 7.92. The van der Waals surface area contributed by atoms with E-state index in [1.165, 1.54) is 17.0 Å². The molecule has 0 saturated heterocycles. The predicted molar refractivity (Wildman–Crippen MR) is 181 cm³/mol. The number of carbonyl (C=O) groups excluding carboxylic acids is 2. The molecule has 4 rings (SSSR count). The topological polar surface area (TPSA) is 86.8 Å². The first-order valence-corrected chi connectivity index (χ1v) is 16.7. The van der Waals surface area contributed by atoms with Gasteiger partial charge in [0.1, 0.15) is 12.6 Å². The second-order valence-electron chi connectivity index (χ2n) is 11.8. The Morgan fingerprint density at radius 3 is 2.00 bits per heavy atom. The first-order chi connectivity index (χ1) is 21.3. The van der Waals surface area contributed by atoms with Crippen LogP contribution in [0.15, 0.2) is 108 Å². The molecular weight excluding hydrogens is 629 g/mol. The van der Waals surface area contributed by atoms with Gasteiger partial charge in [0, 0.05) is 28.5 Å². The largest absolute Gasteiger partial charge is 0.350 e. The zero-order chi connectivity index (χ0) is 32.8. The van der Waals surface area contributed by atoms with Crippen LogP contribution in [-0.4, -0.2) is 43.3 Å². The molecule has 0 saturated carbocycles. The van der Waals surface area contributed by atoms with E-state index in [1.807, 2.05) is 51.1 Å². The molecule has 0 unspecified atom stereocenters. The Kier molecular flexibility index (Phi) is 11.0. The normalized spacial score (nSPS) is 12.3. The van der Waals surface area contributed by atoms with Crippen LogP contribution < -0.4 is 9.62 Å². The molecule has 10 heteroatoms. The van der Waals surface area contributed by atoms with E-state index < -0.39 is 34.1 Å². The maximum absolute atomic E-state index is 14.6. The smallest absolute Gasteiger partial charge is 0.264 e. The fourth-order valence-corrected chi connectivity index (χ4v) is 6.68. The van der Waals surface area contributed by atoms with Gasteiger partial charge in [-0.25, -0.2) is 8.42 Å². The average molecular weight is 667 g/mol. The number of sulfonamides is 1. The summed E-state index contributed by atoms with van der Waals surface area (Å²) in [5.41, 5.74) is 1.76. The zero-order valence-electron chi connectivity index (χ0n) is 25.7. The van der Waals surface area contributed by atoms with Gasteiger partial charge in [-0.2, -0.15) is 0 Å². The summed E-state index contributed by atoms with van der Waals surface area (Å²) in [5.74, 6) is -0.918. The molecule has 0 aliphatic heterocycles. The number of anilines is 1. The Bertz CT molecular complexity index is 1730. The van der Waals surface area contributed by atoms with Crippen molar-refractivity contribution in [1.29, 1.82) is 0 Å². The minimum atomic E-state index is -4.22. The van der Waals surface area contributed by atoms with E-state index in [4.69, 9.17) is 23.2 Å². The highest BCUT2D eigenvalue weighted by Crippen LogP contribution is 2.31. The number of hydrogen-bond donors (Lipinski definition) is 1. The summed E-state index contributed by atoms with van der Waals surface area (Å²) in [5, 5.41) is 3.91. The van der Waals surface area contributed by atoms with Crippen LogP contribution in [0.4, 0.5) is 5.69 Å². The molecule has 0 aliphatic rings. The second kappa shape index (κ2) is 14.5. The van der Waals surface area contributed by atoms with Crippen molar-refractivity contribution in [2.75, 3.05) is 10.8 Å². The van der Waals surface area contributed by atoms with Gasteiger partial charge in [-0.3, -0.25) is 13.9 Å². The molecule has 4 aromatic carbocycles. The number of rotatable bonds is 11. The molecule has 1 N–H and O–H groups in total. The molecule has 1 atom stereocenters. The Morgan fingerprint density at radius 1 is 0.800 bits per heavy atom. The number of carbonyl (C=O) groups is 2. The Hall–Kier alpha value is -3.85. The number of halogens is 2. The van der Waals surface area contributed by atoms with Crippen molar-refractivity contribution in [3.05, 3.63) is 130 Å². The van der Waals surface area contributed by atoms with Gasteiger partial charge in [-0.15, -0.1) is 0 Å². The summed E-state index contributed by atoms with van der Waals surface area (Å²) in [6, 6.07) is 28.3. The molecule has 4 aromatic rings. The first-order valence-electron chi connectivity index (χ1n) is 14.5. The average Bonchev–Trinajstić information content (AvgIpc) is 3.00. The lowest BCUT2D eigenvalue weighted by molar-refractivity contribution is -0.140. The molecule has 0 fully saturated rings. The van der Waals surface area contributed by atoms with Gasteiger partial charge in [-0.05, 0) is 80.8 Å². The molecule has 0 aliphatic carbocycles. The summed E-state index contributed by atoms with van der Waals surface area (Å²) in [6.45, 7) is 6.78. The standard InChI is InChI=1S/C35H37Cl2N3O4S/c1-25-30(37)16-11-17-31(25)40(45(43,44)29-14-9-6-10-15-29)24-33(41)39(23-27-18-20-28(36)21-19-27)32(34(42)38-35(2,3)4)22-26-12-7-5-8-13-26/h5-21,32H,22-24H2,1-4H3,(H,38,42)/t32-/m0/s1. The van der Waals surface area contributed by atoms with Gasteiger partial charge in [-0.1, -0.05) is 89.9 Å². The van der Waals surface area contributed by atoms with E-state index in [9.17, 15) is 18.0 Å². The van der Waals surface area contributed by atoms with Crippen molar-refractivity contribution in [1.82, 2.24) is 10.2 Å². The van der Waals surface area contributed by atoms with E-state index in [0.29, 0.717) is 15.6 Å². The van der Waals surface area contributed by atoms with E-state index in [1.54, 1.807) is 67.6 Å². The lowest BCUT2D eigenvalue weighted by atomic mass is 10.0. The van der Waals surface area contributed by atoms with Crippen LogP contribution in [-0.2, 0) is 32.6 Å². The molecule has 7 nitrogen and oxygen atoms in total. The van der Waals surface area contributed by atoms with Crippen molar-refractivity contribution >= 4 is 50.7 Å². The van der Waals surface area contributed by atoms with Crippen molar-refractivity contribution in [3.63, 3.8) is 0 Å². The molecule has 236 valence electrons. The monoisotopic (exact) mass is 665 g/mol. The number of nitrogens with one attached hydrogen (secondary N) is 1. The highest BCUT2D eigenvalue weighted by Gasteiger charge is 2.36. The van der Waals surface area contributed by atoms with Crippen molar-refractivity contribution in [3.8, 4) is 0 Å². The lowest BCUT2D eigenvalue weighted by Crippen LogP contribution is -2.56. The van der Waals surface area contributed by atoms with Crippen molar-refractivity contribution in [2.45, 2.75) is 57.1 Å². The van der Waals surface area contributed by atoms with Crippen LogP contribution in [0.1, 0.15) is 37.5 Å². The minimum Gasteiger partial charge on any atom is -0.350 e. The van der Waals surface area contributed by atoms with Crippen LogP contribution >= 0.6 is 23.2 Å². The van der Waals surface area contributed by atoms with E-state index >= 15 is 0 Å².